The van der Waals surface area contributed by atoms with Crippen molar-refractivity contribution < 1.29 is 31.8 Å². The Morgan fingerprint density at radius 1 is 1.14 bits per heavy atom. The zero-order valence-corrected chi connectivity index (χ0v) is 25.7. The molecule has 0 saturated carbocycles. The van der Waals surface area contributed by atoms with Crippen LogP contribution in [0.15, 0.2) is 52.7 Å². The van der Waals surface area contributed by atoms with Crippen molar-refractivity contribution in [2.24, 2.45) is 5.41 Å². The Bertz CT molecular complexity index is 1630. The lowest BCUT2D eigenvalue weighted by molar-refractivity contribution is -0.137. The van der Waals surface area contributed by atoms with E-state index in [0.29, 0.717) is 5.52 Å². The first kappa shape index (κ1) is 32.0. The number of thioether (sulfide) groups is 1. The number of amides is 1. The lowest BCUT2D eigenvalue weighted by Crippen LogP contribution is -2.58. The largest absolute Gasteiger partial charge is 0.417 e. The average molecular weight is 635 g/mol. The molecule has 1 aromatic heterocycles. The third-order valence-corrected chi connectivity index (χ3v) is 9.64. The first-order valence-corrected chi connectivity index (χ1v) is 15.1. The summed E-state index contributed by atoms with van der Waals surface area (Å²) >= 11 is 1.19. The number of piperazine rings is 1. The predicted molar refractivity (Wildman–Crippen MR) is 161 cm³/mol. The number of hydrogen-bond donors (Lipinski definition) is 0. The summed E-state index contributed by atoms with van der Waals surface area (Å²) in [6, 6.07) is 5.25. The molecular weight excluding hydrogens is 600 g/mol. The number of ether oxygens (including phenoxy) is 2. The Morgan fingerprint density at radius 3 is 2.30 bits per heavy atom. The molecule has 2 aromatic carbocycles. The SMILES string of the molecule is C=CC(=O)N1[C@H](C)CN(c2nc(=O)n3c4c(c(-c5ccc(F)cc5)c(C(F)(F)F)cc24)SCC(COC)(COC)C3)C[C@@H]1C. The van der Waals surface area contributed by atoms with Gasteiger partial charge in [-0.3, -0.25) is 9.36 Å². The molecule has 1 saturated heterocycles. The van der Waals surface area contributed by atoms with E-state index < -0.39 is 28.7 Å². The molecular formula is C31H34F4N4O4S. The van der Waals surface area contributed by atoms with E-state index >= 15 is 0 Å². The van der Waals surface area contributed by atoms with Crippen molar-refractivity contribution in [3.8, 4) is 11.1 Å². The van der Waals surface area contributed by atoms with Gasteiger partial charge in [-0.05, 0) is 43.7 Å². The number of nitrogens with zero attached hydrogens (tertiary/aromatic N) is 4. The molecule has 2 aliphatic heterocycles. The first-order valence-electron chi connectivity index (χ1n) is 14.1. The lowest BCUT2D eigenvalue weighted by Gasteiger charge is -2.44. The van der Waals surface area contributed by atoms with Gasteiger partial charge in [0.15, 0.2) is 0 Å². The monoisotopic (exact) mass is 634 g/mol. The number of anilines is 1. The molecule has 44 heavy (non-hydrogen) atoms. The molecule has 0 radical (unpaired) electrons. The fraction of sp³-hybridized carbons (Fsp3) is 0.452. The normalized spacial score (nSPS) is 20.1. The molecule has 0 bridgehead atoms. The molecule has 8 nitrogen and oxygen atoms in total. The topological polar surface area (TPSA) is 76.9 Å². The van der Waals surface area contributed by atoms with Crippen molar-refractivity contribution in [3.05, 3.63) is 64.9 Å². The van der Waals surface area contributed by atoms with E-state index in [4.69, 9.17) is 9.47 Å². The van der Waals surface area contributed by atoms with Gasteiger partial charge in [-0.15, -0.1) is 11.8 Å². The van der Waals surface area contributed by atoms with Crippen LogP contribution in [0.3, 0.4) is 0 Å². The smallest absolute Gasteiger partial charge is 0.384 e. The van der Waals surface area contributed by atoms with Crippen molar-refractivity contribution in [2.45, 2.75) is 43.5 Å². The van der Waals surface area contributed by atoms with Crippen molar-refractivity contribution >= 4 is 34.4 Å². The number of carbonyl (C=O) groups is 1. The van der Waals surface area contributed by atoms with Gasteiger partial charge in [0.2, 0.25) is 5.91 Å². The number of rotatable bonds is 7. The van der Waals surface area contributed by atoms with Crippen molar-refractivity contribution in [3.63, 3.8) is 0 Å². The van der Waals surface area contributed by atoms with Crippen LogP contribution in [-0.2, 0) is 27.0 Å². The van der Waals surface area contributed by atoms with E-state index in [1.807, 2.05) is 13.8 Å². The van der Waals surface area contributed by atoms with E-state index in [9.17, 15) is 27.2 Å². The fourth-order valence-electron chi connectivity index (χ4n) is 6.52. The third-order valence-electron chi connectivity index (χ3n) is 8.20. The third kappa shape index (κ3) is 5.72. The standard InChI is InChI=1S/C31H34F4N4O4S/c1-6-24(40)39-18(2)12-37(13-19(39)3)28-22-11-23(31(33,34)35)25(20-7-9-21(32)10-8-20)27-26(22)38(29(41)36-28)14-30(15-42-4,16-43-5)17-44-27/h6-11,18-19H,1,12-17H2,2-5H3/t18-,19+. The maximum atomic E-state index is 14.9. The summed E-state index contributed by atoms with van der Waals surface area (Å²) in [4.78, 5) is 34.5. The van der Waals surface area contributed by atoms with Crippen LogP contribution in [0.25, 0.3) is 22.0 Å². The Morgan fingerprint density at radius 2 is 1.75 bits per heavy atom. The van der Waals surface area contributed by atoms with Crippen LogP contribution in [0.2, 0.25) is 0 Å². The number of carbonyl (C=O) groups excluding carboxylic acids is 1. The second kappa shape index (κ2) is 12.2. The second-order valence-corrected chi connectivity index (χ2v) is 12.5. The quantitative estimate of drug-likeness (QED) is 0.261. The summed E-state index contributed by atoms with van der Waals surface area (Å²) in [5.74, 6) is -0.429. The molecule has 5 rings (SSSR count). The average Bonchev–Trinajstić information content (AvgIpc) is 3.13. The highest BCUT2D eigenvalue weighted by Crippen LogP contribution is 2.50. The molecule has 1 amide bonds. The zero-order valence-electron chi connectivity index (χ0n) is 24.9. The van der Waals surface area contributed by atoms with Crippen LogP contribution >= 0.6 is 11.8 Å². The molecule has 0 aliphatic carbocycles. The number of aromatic nitrogens is 2. The highest BCUT2D eigenvalue weighted by atomic mass is 32.2. The highest BCUT2D eigenvalue weighted by Gasteiger charge is 2.42. The highest BCUT2D eigenvalue weighted by molar-refractivity contribution is 7.99. The minimum atomic E-state index is -4.79. The van der Waals surface area contributed by atoms with E-state index in [1.54, 1.807) is 9.80 Å². The van der Waals surface area contributed by atoms with Crippen LogP contribution in [0.4, 0.5) is 23.4 Å². The molecule has 1 fully saturated rings. The van der Waals surface area contributed by atoms with Crippen LogP contribution < -0.4 is 10.6 Å². The summed E-state index contributed by atoms with van der Waals surface area (Å²) in [6.07, 6.45) is -3.55. The summed E-state index contributed by atoms with van der Waals surface area (Å²) in [6.45, 7) is 8.20. The van der Waals surface area contributed by atoms with E-state index in [-0.39, 0.29) is 83.8 Å². The summed E-state index contributed by atoms with van der Waals surface area (Å²) in [5.41, 5.74) is -1.94. The van der Waals surface area contributed by atoms with Gasteiger partial charge < -0.3 is 19.3 Å². The molecule has 236 valence electrons. The maximum absolute atomic E-state index is 14.9. The van der Waals surface area contributed by atoms with E-state index in [0.717, 1.165) is 18.2 Å². The lowest BCUT2D eigenvalue weighted by atomic mass is 9.91. The van der Waals surface area contributed by atoms with Crippen molar-refractivity contribution in [1.82, 2.24) is 14.5 Å². The van der Waals surface area contributed by atoms with Gasteiger partial charge in [0.1, 0.15) is 11.6 Å². The number of methoxy groups -OCH3 is 2. The summed E-state index contributed by atoms with van der Waals surface area (Å²) in [7, 11) is 3.04. The zero-order chi connectivity index (χ0) is 32.0. The van der Waals surface area contributed by atoms with E-state index in [2.05, 4.69) is 11.6 Å². The van der Waals surface area contributed by atoms with Crippen molar-refractivity contribution in [1.29, 1.82) is 0 Å². The Labute approximate surface area is 256 Å². The van der Waals surface area contributed by atoms with E-state index in [1.165, 1.54) is 48.8 Å². The predicted octanol–water partition coefficient (Wildman–Crippen LogP) is 5.22. The van der Waals surface area contributed by atoms with Crippen LogP contribution in [0.5, 0.6) is 0 Å². The number of benzene rings is 2. The van der Waals surface area contributed by atoms with Crippen molar-refractivity contribution in [2.75, 3.05) is 51.2 Å². The molecule has 2 aliphatic rings. The summed E-state index contributed by atoms with van der Waals surface area (Å²) in [5, 5.41) is 0.166. The van der Waals surface area contributed by atoms with Gasteiger partial charge in [0.25, 0.3) is 0 Å². The number of halogens is 4. The van der Waals surface area contributed by atoms with Gasteiger partial charge in [0, 0.05) is 73.0 Å². The van der Waals surface area contributed by atoms with Crippen LogP contribution in [-0.4, -0.2) is 78.7 Å². The summed E-state index contributed by atoms with van der Waals surface area (Å²) < 4.78 is 71.2. The molecule has 0 unspecified atom stereocenters. The van der Waals surface area contributed by atoms with Crippen LogP contribution in [0.1, 0.15) is 19.4 Å². The first-order chi connectivity index (χ1) is 20.8. The molecule has 3 aromatic rings. The van der Waals surface area contributed by atoms with Gasteiger partial charge in [-0.1, -0.05) is 18.7 Å². The second-order valence-electron chi connectivity index (χ2n) is 11.5. The Balaban J connectivity index is 1.83. The minimum absolute atomic E-state index is 0.0972. The van der Waals surface area contributed by atoms with Gasteiger partial charge in [-0.25, -0.2) is 9.18 Å². The molecule has 3 heterocycles. The van der Waals surface area contributed by atoms with Gasteiger partial charge in [0.05, 0.1) is 24.3 Å². The molecule has 0 N–H and O–H groups in total. The fourth-order valence-corrected chi connectivity index (χ4v) is 7.96. The van der Waals surface area contributed by atoms with Crippen LogP contribution in [0, 0.1) is 11.2 Å². The number of hydrogen-bond acceptors (Lipinski definition) is 7. The number of alkyl halides is 3. The molecule has 13 heteroatoms. The Hall–Kier alpha value is -3.42. The molecule has 2 atom stereocenters. The maximum Gasteiger partial charge on any atom is 0.417 e. The minimum Gasteiger partial charge on any atom is -0.384 e. The van der Waals surface area contributed by atoms with Gasteiger partial charge >= 0.3 is 11.9 Å². The molecule has 0 spiro atoms. The van der Waals surface area contributed by atoms with Gasteiger partial charge in [-0.2, -0.15) is 18.2 Å². The Kier molecular flexibility index (Phi) is 8.85.